The monoisotopic (exact) mass is 263 g/mol. The molecule has 0 unspecified atom stereocenters. The maximum absolute atomic E-state index is 11.7. The third kappa shape index (κ3) is 5.07. The first-order chi connectivity index (χ1) is 9.36. The molecular weight excluding hydrogens is 238 g/mol. The molecule has 2 N–H and O–H groups in total. The third-order valence-electron chi connectivity index (χ3n) is 3.75. The Morgan fingerprint density at radius 3 is 2.68 bits per heavy atom. The molecule has 0 aromatic carbocycles. The third-order valence-corrected chi connectivity index (χ3v) is 3.75. The molecule has 4 nitrogen and oxygen atoms in total. The van der Waals surface area contributed by atoms with Crippen LogP contribution in [0.15, 0.2) is 18.5 Å². The quantitative estimate of drug-likeness (QED) is 0.774. The fourth-order valence-corrected chi connectivity index (χ4v) is 2.59. The number of likely N-dealkylation sites (tertiary alicyclic amines) is 1. The van der Waals surface area contributed by atoms with E-state index in [0.29, 0.717) is 5.56 Å². The summed E-state index contributed by atoms with van der Waals surface area (Å²) in [5.74, 6) is 0.0241. The summed E-state index contributed by atoms with van der Waals surface area (Å²) < 4.78 is 0. The van der Waals surface area contributed by atoms with Gasteiger partial charge in [-0.1, -0.05) is 12.8 Å². The second-order valence-electron chi connectivity index (χ2n) is 5.32. The number of carbonyl (C=O) groups excluding carboxylic acids is 1. The molecule has 19 heavy (non-hydrogen) atoms. The van der Waals surface area contributed by atoms with Gasteiger partial charge in [0.05, 0.1) is 5.56 Å². The summed E-state index contributed by atoms with van der Waals surface area (Å²) in [7, 11) is 0. The largest absolute Gasteiger partial charge is 0.367 e. The highest BCUT2D eigenvalue weighted by Crippen LogP contribution is 2.10. The Balaban J connectivity index is 1.53. The molecule has 1 aliphatic rings. The predicted molar refractivity (Wildman–Crippen MR) is 77.3 cm³/mol. The van der Waals surface area contributed by atoms with Crippen molar-refractivity contribution in [3.63, 3.8) is 0 Å². The topological polar surface area (TPSA) is 48.1 Å². The highest BCUT2D eigenvalue weighted by atomic mass is 16.1. The molecule has 4 heteroatoms. The number of aromatic amines is 1. The van der Waals surface area contributed by atoms with E-state index in [0.717, 1.165) is 13.0 Å². The molecule has 0 bridgehead atoms. The predicted octanol–water partition coefficient (Wildman–Crippen LogP) is 2.40. The maximum atomic E-state index is 11.7. The van der Waals surface area contributed by atoms with Crippen LogP contribution in [-0.2, 0) is 0 Å². The zero-order chi connectivity index (χ0) is 13.3. The van der Waals surface area contributed by atoms with Crippen LogP contribution in [0.1, 0.15) is 48.9 Å². The Labute approximate surface area is 115 Å². The van der Waals surface area contributed by atoms with E-state index in [1.807, 2.05) is 0 Å². The minimum atomic E-state index is 0.0241. The van der Waals surface area contributed by atoms with Crippen LogP contribution in [0.4, 0.5) is 0 Å². The Kier molecular flexibility index (Phi) is 5.95. The summed E-state index contributed by atoms with van der Waals surface area (Å²) in [5, 5.41) is 2.96. The Hall–Kier alpha value is -1.29. The number of unbranched alkanes of at least 4 members (excludes halogenated alkanes) is 1. The number of carbonyl (C=O) groups is 1. The van der Waals surface area contributed by atoms with Gasteiger partial charge in [-0.05, 0) is 51.4 Å². The van der Waals surface area contributed by atoms with Crippen LogP contribution in [0, 0.1) is 0 Å². The van der Waals surface area contributed by atoms with Crippen LogP contribution in [-0.4, -0.2) is 42.0 Å². The first kappa shape index (κ1) is 14.1. The van der Waals surface area contributed by atoms with Gasteiger partial charge in [-0.2, -0.15) is 0 Å². The summed E-state index contributed by atoms with van der Waals surface area (Å²) in [5.41, 5.74) is 0.715. The van der Waals surface area contributed by atoms with E-state index < -0.39 is 0 Å². The first-order valence-corrected chi connectivity index (χ1v) is 7.49. The van der Waals surface area contributed by atoms with E-state index in [9.17, 15) is 4.79 Å². The molecule has 1 aromatic rings. The summed E-state index contributed by atoms with van der Waals surface area (Å²) in [4.78, 5) is 17.1. The molecule has 106 valence electrons. The number of hydrogen-bond acceptors (Lipinski definition) is 2. The van der Waals surface area contributed by atoms with Gasteiger partial charge in [0.1, 0.15) is 0 Å². The van der Waals surface area contributed by atoms with Gasteiger partial charge in [-0.3, -0.25) is 4.79 Å². The van der Waals surface area contributed by atoms with Gasteiger partial charge in [0, 0.05) is 18.9 Å². The van der Waals surface area contributed by atoms with Crippen molar-refractivity contribution in [2.75, 3.05) is 26.2 Å². The molecule has 0 saturated carbocycles. The Morgan fingerprint density at radius 2 is 2.00 bits per heavy atom. The maximum Gasteiger partial charge on any atom is 0.252 e. The minimum absolute atomic E-state index is 0.0241. The highest BCUT2D eigenvalue weighted by molar-refractivity contribution is 5.93. The lowest BCUT2D eigenvalue weighted by atomic mass is 10.2. The molecule has 0 aliphatic carbocycles. The molecule has 0 atom stereocenters. The molecular formula is C15H25N3O. The van der Waals surface area contributed by atoms with E-state index in [4.69, 9.17) is 0 Å². The molecule has 1 amide bonds. The number of aromatic nitrogens is 1. The van der Waals surface area contributed by atoms with E-state index in [-0.39, 0.29) is 5.91 Å². The van der Waals surface area contributed by atoms with Crippen molar-refractivity contribution in [1.29, 1.82) is 0 Å². The highest BCUT2D eigenvalue weighted by Gasteiger charge is 2.08. The van der Waals surface area contributed by atoms with E-state index in [1.54, 1.807) is 18.5 Å². The number of nitrogens with zero attached hydrogens (tertiary/aromatic N) is 1. The van der Waals surface area contributed by atoms with Crippen LogP contribution in [0.5, 0.6) is 0 Å². The number of nitrogens with one attached hydrogen (secondary N) is 2. The van der Waals surface area contributed by atoms with Gasteiger partial charge in [-0.25, -0.2) is 0 Å². The second kappa shape index (κ2) is 8.00. The molecule has 2 rings (SSSR count). The van der Waals surface area contributed by atoms with E-state index >= 15 is 0 Å². The fraction of sp³-hybridized carbons (Fsp3) is 0.667. The molecule has 1 saturated heterocycles. The van der Waals surface area contributed by atoms with Gasteiger partial charge < -0.3 is 15.2 Å². The molecule has 1 aliphatic heterocycles. The number of rotatable bonds is 6. The van der Waals surface area contributed by atoms with Crippen LogP contribution in [0.3, 0.4) is 0 Å². The molecule has 0 radical (unpaired) electrons. The summed E-state index contributed by atoms with van der Waals surface area (Å²) in [6.45, 7) is 4.48. The Bertz CT molecular complexity index is 353. The van der Waals surface area contributed by atoms with Gasteiger partial charge in [0.2, 0.25) is 0 Å². The number of H-pyrrole nitrogens is 1. The van der Waals surface area contributed by atoms with Gasteiger partial charge >= 0.3 is 0 Å². The van der Waals surface area contributed by atoms with Crippen LogP contribution < -0.4 is 5.32 Å². The van der Waals surface area contributed by atoms with Gasteiger partial charge in [0.25, 0.3) is 5.91 Å². The smallest absolute Gasteiger partial charge is 0.252 e. The van der Waals surface area contributed by atoms with Crippen LogP contribution in [0.2, 0.25) is 0 Å². The molecule has 1 fully saturated rings. The SMILES string of the molecule is O=C(NCCCCN1CCCCCC1)c1cc[nH]c1. The molecule has 0 spiro atoms. The van der Waals surface area contributed by atoms with E-state index in [1.165, 1.54) is 51.7 Å². The summed E-state index contributed by atoms with van der Waals surface area (Å²) >= 11 is 0. The van der Waals surface area contributed by atoms with Crippen molar-refractivity contribution in [3.8, 4) is 0 Å². The molecule has 1 aromatic heterocycles. The number of hydrogen-bond donors (Lipinski definition) is 2. The average molecular weight is 263 g/mol. The normalized spacial score (nSPS) is 17.1. The summed E-state index contributed by atoms with van der Waals surface area (Å²) in [6, 6.07) is 1.80. The first-order valence-electron chi connectivity index (χ1n) is 7.49. The number of amides is 1. The second-order valence-corrected chi connectivity index (χ2v) is 5.32. The summed E-state index contributed by atoms with van der Waals surface area (Å²) in [6.07, 6.45) is 11.2. The zero-order valence-corrected chi connectivity index (χ0v) is 11.7. The van der Waals surface area contributed by atoms with Crippen molar-refractivity contribution < 1.29 is 4.79 Å². The van der Waals surface area contributed by atoms with Crippen molar-refractivity contribution in [2.24, 2.45) is 0 Å². The minimum Gasteiger partial charge on any atom is -0.367 e. The van der Waals surface area contributed by atoms with Gasteiger partial charge in [0.15, 0.2) is 0 Å². The average Bonchev–Trinajstić information content (AvgIpc) is 2.83. The van der Waals surface area contributed by atoms with E-state index in [2.05, 4.69) is 15.2 Å². The lowest BCUT2D eigenvalue weighted by molar-refractivity contribution is 0.0952. The van der Waals surface area contributed by atoms with Crippen molar-refractivity contribution in [2.45, 2.75) is 38.5 Å². The lowest BCUT2D eigenvalue weighted by Crippen LogP contribution is -2.28. The van der Waals surface area contributed by atoms with Crippen molar-refractivity contribution >= 4 is 5.91 Å². The van der Waals surface area contributed by atoms with Crippen LogP contribution >= 0.6 is 0 Å². The van der Waals surface area contributed by atoms with Gasteiger partial charge in [-0.15, -0.1) is 0 Å². The standard InChI is InChI=1S/C15H25N3O/c19-15(14-7-9-16-13-14)17-8-3-6-12-18-10-4-1-2-5-11-18/h7,9,13,16H,1-6,8,10-12H2,(H,17,19). The zero-order valence-electron chi connectivity index (χ0n) is 11.7. The van der Waals surface area contributed by atoms with Crippen molar-refractivity contribution in [3.05, 3.63) is 24.0 Å². The Morgan fingerprint density at radius 1 is 1.21 bits per heavy atom. The molecule has 2 heterocycles. The fourth-order valence-electron chi connectivity index (χ4n) is 2.59. The van der Waals surface area contributed by atoms with Crippen LogP contribution in [0.25, 0.3) is 0 Å². The lowest BCUT2D eigenvalue weighted by Gasteiger charge is -2.19. The van der Waals surface area contributed by atoms with Crippen molar-refractivity contribution in [1.82, 2.24) is 15.2 Å².